The first-order chi connectivity index (χ1) is 9.03. The van der Waals surface area contributed by atoms with E-state index in [2.05, 4.69) is 10.6 Å². The molecule has 1 fully saturated rings. The van der Waals surface area contributed by atoms with Gasteiger partial charge < -0.3 is 16.4 Å². The standard InChI is InChI=1S/C15H29N3O2/c1-10(12(19)18-14(2,3)4)17-13(20)11-8-6-7-9-15(11,5)16/h10-11H,6-9,16H2,1-5H3,(H,17,20)(H,18,19). The number of rotatable bonds is 3. The van der Waals surface area contributed by atoms with Crippen LogP contribution >= 0.6 is 0 Å². The molecule has 5 nitrogen and oxygen atoms in total. The first kappa shape index (κ1) is 17.0. The van der Waals surface area contributed by atoms with Crippen LogP contribution in [0.15, 0.2) is 0 Å². The molecule has 0 aromatic carbocycles. The minimum Gasteiger partial charge on any atom is -0.350 e. The highest BCUT2D eigenvalue weighted by atomic mass is 16.2. The average molecular weight is 283 g/mol. The van der Waals surface area contributed by atoms with Crippen LogP contribution in [0, 0.1) is 5.92 Å². The van der Waals surface area contributed by atoms with Gasteiger partial charge in [-0.3, -0.25) is 9.59 Å². The topological polar surface area (TPSA) is 84.2 Å². The lowest BCUT2D eigenvalue weighted by molar-refractivity contribution is -0.133. The number of nitrogens with two attached hydrogens (primary N) is 1. The van der Waals surface area contributed by atoms with Crippen molar-refractivity contribution in [3.63, 3.8) is 0 Å². The Morgan fingerprint density at radius 3 is 2.40 bits per heavy atom. The van der Waals surface area contributed by atoms with Crippen LogP contribution in [0.25, 0.3) is 0 Å². The monoisotopic (exact) mass is 283 g/mol. The van der Waals surface area contributed by atoms with Gasteiger partial charge in [-0.2, -0.15) is 0 Å². The van der Waals surface area contributed by atoms with Gasteiger partial charge in [-0.15, -0.1) is 0 Å². The van der Waals surface area contributed by atoms with Gasteiger partial charge in [0.1, 0.15) is 6.04 Å². The minimum atomic E-state index is -0.542. The number of hydrogen-bond donors (Lipinski definition) is 3. The molecule has 0 saturated heterocycles. The summed E-state index contributed by atoms with van der Waals surface area (Å²) in [6.07, 6.45) is 3.74. The lowest BCUT2D eigenvalue weighted by Gasteiger charge is -2.37. The lowest BCUT2D eigenvalue weighted by atomic mass is 9.74. The van der Waals surface area contributed by atoms with Crippen LogP contribution in [0.5, 0.6) is 0 Å². The van der Waals surface area contributed by atoms with E-state index < -0.39 is 11.6 Å². The van der Waals surface area contributed by atoms with Gasteiger partial charge in [0.15, 0.2) is 0 Å². The maximum atomic E-state index is 12.3. The SMILES string of the molecule is CC(NC(=O)C1CCCCC1(C)N)C(=O)NC(C)(C)C. The van der Waals surface area contributed by atoms with Gasteiger partial charge in [0.25, 0.3) is 0 Å². The van der Waals surface area contributed by atoms with Crippen LogP contribution in [0.2, 0.25) is 0 Å². The summed E-state index contributed by atoms with van der Waals surface area (Å²) in [7, 11) is 0. The molecule has 3 unspecified atom stereocenters. The van der Waals surface area contributed by atoms with E-state index in [1.54, 1.807) is 6.92 Å². The Morgan fingerprint density at radius 1 is 1.30 bits per heavy atom. The quantitative estimate of drug-likeness (QED) is 0.730. The summed E-state index contributed by atoms with van der Waals surface area (Å²) in [5, 5.41) is 5.66. The minimum absolute atomic E-state index is 0.105. The van der Waals surface area contributed by atoms with E-state index in [9.17, 15) is 9.59 Å². The van der Waals surface area contributed by atoms with Gasteiger partial charge >= 0.3 is 0 Å². The van der Waals surface area contributed by atoms with Gasteiger partial charge in [-0.25, -0.2) is 0 Å². The Balaban J connectivity index is 2.59. The van der Waals surface area contributed by atoms with Gasteiger partial charge in [0, 0.05) is 11.1 Å². The smallest absolute Gasteiger partial charge is 0.242 e. The van der Waals surface area contributed by atoms with E-state index >= 15 is 0 Å². The fourth-order valence-corrected chi connectivity index (χ4v) is 2.65. The fourth-order valence-electron chi connectivity index (χ4n) is 2.65. The van der Waals surface area contributed by atoms with Crippen molar-refractivity contribution in [3.8, 4) is 0 Å². The zero-order chi connectivity index (χ0) is 15.6. The Bertz CT molecular complexity index is 372. The molecule has 0 spiro atoms. The molecule has 4 N–H and O–H groups in total. The van der Waals surface area contributed by atoms with Crippen molar-refractivity contribution < 1.29 is 9.59 Å². The fraction of sp³-hybridized carbons (Fsp3) is 0.867. The van der Waals surface area contributed by atoms with Crippen LogP contribution in [0.4, 0.5) is 0 Å². The van der Waals surface area contributed by atoms with Crippen molar-refractivity contribution in [2.75, 3.05) is 0 Å². The maximum absolute atomic E-state index is 12.3. The first-order valence-electron chi connectivity index (χ1n) is 7.44. The Kier molecular flexibility index (Phi) is 5.19. The molecular formula is C15H29N3O2. The summed E-state index contributed by atoms with van der Waals surface area (Å²) in [5.74, 6) is -0.479. The number of amides is 2. The molecule has 20 heavy (non-hydrogen) atoms. The van der Waals surface area contributed by atoms with Crippen molar-refractivity contribution in [3.05, 3.63) is 0 Å². The summed E-state index contributed by atoms with van der Waals surface area (Å²) in [6.45, 7) is 9.37. The van der Waals surface area contributed by atoms with Gasteiger partial charge in [0.2, 0.25) is 11.8 Å². The molecule has 2 amide bonds. The summed E-state index contributed by atoms with van der Waals surface area (Å²) in [4.78, 5) is 24.3. The number of carbonyl (C=O) groups excluding carboxylic acids is 2. The molecule has 1 rings (SSSR count). The average Bonchev–Trinajstić information content (AvgIpc) is 2.25. The van der Waals surface area contributed by atoms with Crippen molar-refractivity contribution >= 4 is 11.8 Å². The summed E-state index contributed by atoms with van der Waals surface area (Å²) >= 11 is 0. The van der Waals surface area contributed by atoms with Gasteiger partial charge in [-0.1, -0.05) is 12.8 Å². The van der Waals surface area contributed by atoms with E-state index in [-0.39, 0.29) is 23.3 Å². The van der Waals surface area contributed by atoms with Crippen LogP contribution in [0.1, 0.15) is 60.3 Å². The molecule has 3 atom stereocenters. The van der Waals surface area contributed by atoms with Crippen LogP contribution in [-0.4, -0.2) is 28.9 Å². The molecule has 0 aromatic heterocycles. The molecule has 0 heterocycles. The number of nitrogens with one attached hydrogen (secondary N) is 2. The van der Waals surface area contributed by atoms with Crippen molar-refractivity contribution in [2.24, 2.45) is 11.7 Å². The molecular weight excluding hydrogens is 254 g/mol. The third-order valence-electron chi connectivity index (χ3n) is 3.82. The maximum Gasteiger partial charge on any atom is 0.242 e. The number of carbonyl (C=O) groups is 2. The predicted molar refractivity (Wildman–Crippen MR) is 80.1 cm³/mol. The second-order valence-corrected chi connectivity index (χ2v) is 7.27. The summed E-state index contributed by atoms with van der Waals surface area (Å²) in [6, 6.07) is -0.542. The highest BCUT2D eigenvalue weighted by Gasteiger charge is 2.38. The van der Waals surface area contributed by atoms with Gasteiger partial charge in [-0.05, 0) is 47.5 Å². The summed E-state index contributed by atoms with van der Waals surface area (Å²) < 4.78 is 0. The zero-order valence-electron chi connectivity index (χ0n) is 13.4. The van der Waals surface area contributed by atoms with Crippen molar-refractivity contribution in [2.45, 2.75) is 77.4 Å². The molecule has 1 aliphatic rings. The first-order valence-corrected chi connectivity index (χ1v) is 7.44. The zero-order valence-corrected chi connectivity index (χ0v) is 13.4. The van der Waals surface area contributed by atoms with Crippen molar-refractivity contribution in [1.82, 2.24) is 10.6 Å². The van der Waals surface area contributed by atoms with E-state index in [1.165, 1.54) is 0 Å². The summed E-state index contributed by atoms with van der Waals surface area (Å²) in [5.41, 5.74) is 5.44. The molecule has 0 aromatic rings. The lowest BCUT2D eigenvalue weighted by Crippen LogP contribution is -2.57. The third-order valence-corrected chi connectivity index (χ3v) is 3.82. The second-order valence-electron chi connectivity index (χ2n) is 7.27. The van der Waals surface area contributed by atoms with E-state index in [1.807, 2.05) is 27.7 Å². The second kappa shape index (κ2) is 6.12. The van der Waals surface area contributed by atoms with Gasteiger partial charge in [0.05, 0.1) is 5.92 Å². The number of hydrogen-bond acceptors (Lipinski definition) is 3. The van der Waals surface area contributed by atoms with E-state index in [4.69, 9.17) is 5.73 Å². The Labute approximate surface area is 122 Å². The Morgan fingerprint density at radius 2 is 1.90 bits per heavy atom. The molecule has 1 aliphatic carbocycles. The molecule has 0 aliphatic heterocycles. The van der Waals surface area contributed by atoms with E-state index in [0.29, 0.717) is 0 Å². The largest absolute Gasteiger partial charge is 0.350 e. The van der Waals surface area contributed by atoms with Crippen LogP contribution in [-0.2, 0) is 9.59 Å². The van der Waals surface area contributed by atoms with Crippen LogP contribution < -0.4 is 16.4 Å². The molecule has 116 valence electrons. The predicted octanol–water partition coefficient (Wildman–Crippen LogP) is 1.31. The molecule has 1 saturated carbocycles. The highest BCUT2D eigenvalue weighted by Crippen LogP contribution is 2.31. The molecule has 0 radical (unpaired) electrons. The molecule has 0 bridgehead atoms. The highest BCUT2D eigenvalue weighted by molar-refractivity contribution is 5.89. The third kappa shape index (κ3) is 4.78. The normalized spacial score (nSPS) is 28.6. The molecule has 5 heteroatoms. The van der Waals surface area contributed by atoms with Crippen molar-refractivity contribution in [1.29, 1.82) is 0 Å². The Hall–Kier alpha value is -1.10. The van der Waals surface area contributed by atoms with E-state index in [0.717, 1.165) is 25.7 Å². The van der Waals surface area contributed by atoms with Crippen LogP contribution in [0.3, 0.4) is 0 Å².